The van der Waals surface area contributed by atoms with Gasteiger partial charge in [0.1, 0.15) is 0 Å². The van der Waals surface area contributed by atoms with Gasteiger partial charge in [-0.3, -0.25) is 0 Å². The van der Waals surface area contributed by atoms with Crippen LogP contribution < -0.4 is 10.0 Å². The summed E-state index contributed by atoms with van der Waals surface area (Å²) in [5.74, 6) is -0.555. The number of carbonyl (C=O) groups excluding carboxylic acids is 1. The zero-order valence-corrected chi connectivity index (χ0v) is 16.2. The number of carbonyl (C=O) groups is 1. The molecule has 0 aliphatic carbocycles. The number of sulfonamides is 1. The molecular formula is C18H21ClN2O4S. The molecule has 8 heteroatoms. The molecule has 0 saturated heterocycles. The summed E-state index contributed by atoms with van der Waals surface area (Å²) in [6.45, 7) is 3.57. The zero-order chi connectivity index (χ0) is 18.0. The van der Waals surface area contributed by atoms with Crippen molar-refractivity contribution in [2.75, 3.05) is 7.11 Å². The summed E-state index contributed by atoms with van der Waals surface area (Å²) in [6, 6.07) is 10.4. The van der Waals surface area contributed by atoms with E-state index in [1.807, 2.05) is 18.2 Å². The van der Waals surface area contributed by atoms with Crippen LogP contribution in [0.25, 0.3) is 0 Å². The minimum atomic E-state index is -3.73. The minimum absolute atomic E-state index is 0. The fourth-order valence-electron chi connectivity index (χ4n) is 2.82. The SMILES string of the molecule is COC(=O)c1cc(S(=O)(=O)NCc2ccc3c(c2)CNC3)ccc1C.Cl. The summed E-state index contributed by atoms with van der Waals surface area (Å²) < 4.78 is 32.4. The maximum atomic E-state index is 12.5. The molecule has 1 heterocycles. The number of halogens is 1. The lowest BCUT2D eigenvalue weighted by Crippen LogP contribution is -2.23. The fraction of sp³-hybridized carbons (Fsp3) is 0.278. The van der Waals surface area contributed by atoms with E-state index in [1.54, 1.807) is 13.0 Å². The van der Waals surface area contributed by atoms with Crippen LogP contribution in [0, 0.1) is 6.92 Å². The van der Waals surface area contributed by atoms with E-state index in [2.05, 4.69) is 10.0 Å². The van der Waals surface area contributed by atoms with Gasteiger partial charge in [0, 0.05) is 19.6 Å². The van der Waals surface area contributed by atoms with E-state index in [1.165, 1.54) is 30.4 Å². The van der Waals surface area contributed by atoms with Crippen molar-refractivity contribution in [3.8, 4) is 0 Å². The smallest absolute Gasteiger partial charge is 0.338 e. The van der Waals surface area contributed by atoms with Crippen molar-refractivity contribution in [2.24, 2.45) is 0 Å². The molecule has 2 N–H and O–H groups in total. The first-order chi connectivity index (χ1) is 11.9. The summed E-state index contributed by atoms with van der Waals surface area (Å²) >= 11 is 0. The van der Waals surface area contributed by atoms with Crippen molar-refractivity contribution in [3.63, 3.8) is 0 Å². The van der Waals surface area contributed by atoms with Gasteiger partial charge >= 0.3 is 5.97 Å². The largest absolute Gasteiger partial charge is 0.465 e. The monoisotopic (exact) mass is 396 g/mol. The minimum Gasteiger partial charge on any atom is -0.465 e. The van der Waals surface area contributed by atoms with Crippen LogP contribution in [0.4, 0.5) is 0 Å². The summed E-state index contributed by atoms with van der Waals surface area (Å²) in [7, 11) is -2.46. The first-order valence-electron chi connectivity index (χ1n) is 7.91. The highest BCUT2D eigenvalue weighted by atomic mass is 35.5. The topological polar surface area (TPSA) is 84.5 Å². The van der Waals surface area contributed by atoms with Crippen LogP contribution in [0.5, 0.6) is 0 Å². The molecular weight excluding hydrogens is 376 g/mol. The number of hydrogen-bond acceptors (Lipinski definition) is 5. The average molecular weight is 397 g/mol. The summed E-state index contributed by atoms with van der Waals surface area (Å²) in [5.41, 5.74) is 4.24. The number of esters is 1. The molecule has 2 aromatic carbocycles. The Morgan fingerprint density at radius 3 is 2.62 bits per heavy atom. The molecule has 0 saturated carbocycles. The molecule has 1 aliphatic rings. The number of benzene rings is 2. The Hall–Kier alpha value is -1.93. The molecule has 0 aromatic heterocycles. The van der Waals surface area contributed by atoms with E-state index < -0.39 is 16.0 Å². The van der Waals surface area contributed by atoms with Crippen LogP contribution in [0.15, 0.2) is 41.3 Å². The average Bonchev–Trinajstić information content (AvgIpc) is 3.07. The Morgan fingerprint density at radius 2 is 1.88 bits per heavy atom. The molecule has 0 radical (unpaired) electrons. The Kier molecular flexibility index (Phi) is 6.41. The summed E-state index contributed by atoms with van der Waals surface area (Å²) in [5, 5.41) is 3.26. The lowest BCUT2D eigenvalue weighted by atomic mass is 10.1. The number of methoxy groups -OCH3 is 1. The highest BCUT2D eigenvalue weighted by Crippen LogP contribution is 2.19. The molecule has 140 valence electrons. The van der Waals surface area contributed by atoms with Crippen LogP contribution in [0.1, 0.15) is 32.6 Å². The standard InChI is InChI=1S/C18H20N2O4S.ClH/c1-12-3-6-16(8-17(12)18(21)24-2)25(22,23)20-9-13-4-5-14-10-19-11-15(14)7-13;/h3-8,19-20H,9-11H2,1-2H3;1H. The predicted octanol–water partition coefficient (Wildman–Crippen LogP) is 2.29. The van der Waals surface area contributed by atoms with Crippen molar-refractivity contribution >= 4 is 28.4 Å². The summed E-state index contributed by atoms with van der Waals surface area (Å²) in [4.78, 5) is 11.8. The molecule has 0 spiro atoms. The third-order valence-corrected chi connectivity index (χ3v) is 5.69. The van der Waals surface area contributed by atoms with Gasteiger partial charge in [0.05, 0.1) is 17.6 Å². The van der Waals surface area contributed by atoms with Gasteiger partial charge in [-0.1, -0.05) is 24.3 Å². The van der Waals surface area contributed by atoms with Crippen LogP contribution in [0.3, 0.4) is 0 Å². The maximum Gasteiger partial charge on any atom is 0.338 e. The van der Waals surface area contributed by atoms with Crippen LogP contribution in [0.2, 0.25) is 0 Å². The number of nitrogens with one attached hydrogen (secondary N) is 2. The number of hydrogen-bond donors (Lipinski definition) is 2. The predicted molar refractivity (Wildman–Crippen MR) is 101 cm³/mol. The zero-order valence-electron chi connectivity index (χ0n) is 14.5. The lowest BCUT2D eigenvalue weighted by molar-refractivity contribution is 0.0599. The second kappa shape index (κ2) is 8.18. The van der Waals surface area contributed by atoms with E-state index >= 15 is 0 Å². The van der Waals surface area contributed by atoms with E-state index in [4.69, 9.17) is 4.74 Å². The quantitative estimate of drug-likeness (QED) is 0.757. The Balaban J connectivity index is 0.00000243. The van der Waals surface area contributed by atoms with Gasteiger partial charge in [-0.05, 0) is 41.3 Å². The normalized spacial score (nSPS) is 13.0. The third kappa shape index (κ3) is 4.24. The molecule has 1 aliphatic heterocycles. The highest BCUT2D eigenvalue weighted by Gasteiger charge is 2.18. The second-order valence-electron chi connectivity index (χ2n) is 6.00. The number of ether oxygens (including phenoxy) is 1. The van der Waals surface area contributed by atoms with Gasteiger partial charge < -0.3 is 10.1 Å². The maximum absolute atomic E-state index is 12.5. The molecule has 0 amide bonds. The first-order valence-corrected chi connectivity index (χ1v) is 9.39. The molecule has 2 aromatic rings. The van der Waals surface area contributed by atoms with Crippen molar-refractivity contribution < 1.29 is 17.9 Å². The van der Waals surface area contributed by atoms with Crippen molar-refractivity contribution in [1.82, 2.24) is 10.0 Å². The van der Waals surface area contributed by atoms with E-state index in [0.717, 1.165) is 18.7 Å². The summed E-state index contributed by atoms with van der Waals surface area (Å²) in [6.07, 6.45) is 0. The molecule has 0 bridgehead atoms. The Labute approximate surface area is 159 Å². The number of rotatable bonds is 5. The van der Waals surface area contributed by atoms with Gasteiger partial charge in [-0.2, -0.15) is 0 Å². The molecule has 0 unspecified atom stereocenters. The Bertz CT molecular complexity index is 929. The van der Waals surface area contributed by atoms with Gasteiger partial charge in [-0.15, -0.1) is 12.4 Å². The van der Waals surface area contributed by atoms with Gasteiger partial charge in [0.15, 0.2) is 0 Å². The molecule has 0 fully saturated rings. The molecule has 0 atom stereocenters. The first kappa shape index (κ1) is 20.4. The van der Waals surface area contributed by atoms with Gasteiger partial charge in [-0.25, -0.2) is 17.9 Å². The van der Waals surface area contributed by atoms with E-state index in [0.29, 0.717) is 5.56 Å². The second-order valence-corrected chi connectivity index (χ2v) is 7.77. The van der Waals surface area contributed by atoms with Gasteiger partial charge in [0.25, 0.3) is 0 Å². The van der Waals surface area contributed by atoms with Crippen molar-refractivity contribution in [1.29, 1.82) is 0 Å². The highest BCUT2D eigenvalue weighted by molar-refractivity contribution is 7.89. The third-order valence-electron chi connectivity index (χ3n) is 4.29. The lowest BCUT2D eigenvalue weighted by Gasteiger charge is -2.10. The van der Waals surface area contributed by atoms with Crippen molar-refractivity contribution in [3.05, 3.63) is 64.2 Å². The fourth-order valence-corrected chi connectivity index (χ4v) is 3.86. The Morgan fingerprint density at radius 1 is 1.15 bits per heavy atom. The number of fused-ring (bicyclic) bond motifs is 1. The molecule has 26 heavy (non-hydrogen) atoms. The van der Waals surface area contributed by atoms with Crippen molar-refractivity contribution in [2.45, 2.75) is 31.5 Å². The van der Waals surface area contributed by atoms with Crippen LogP contribution in [-0.4, -0.2) is 21.5 Å². The van der Waals surface area contributed by atoms with E-state index in [-0.39, 0.29) is 29.4 Å². The number of aryl methyl sites for hydroxylation is 1. The molecule has 3 rings (SSSR count). The van der Waals surface area contributed by atoms with Gasteiger partial charge in [0.2, 0.25) is 10.0 Å². The van der Waals surface area contributed by atoms with Crippen LogP contribution in [-0.2, 0) is 34.4 Å². The molecule has 6 nitrogen and oxygen atoms in total. The van der Waals surface area contributed by atoms with E-state index in [9.17, 15) is 13.2 Å². The van der Waals surface area contributed by atoms with Crippen LogP contribution >= 0.6 is 12.4 Å².